The third-order valence-corrected chi connectivity index (χ3v) is 5.51. The molecule has 2 rings (SSSR count). The van der Waals surface area contributed by atoms with Crippen molar-refractivity contribution >= 4 is 54.4 Å². The Morgan fingerprint density at radius 3 is 2.55 bits per heavy atom. The van der Waals surface area contributed by atoms with E-state index in [9.17, 15) is 26.4 Å². The molecule has 0 spiro atoms. The third-order valence-electron chi connectivity index (χ3n) is 3.32. The molecule has 158 valence electrons. The number of nitrogens with two attached hydrogens (primary N) is 1. The number of amides is 2. The molecule has 0 saturated carbocycles. The van der Waals surface area contributed by atoms with E-state index in [1.807, 2.05) is 0 Å². The number of nitrogens with one attached hydrogen (secondary N) is 1. The maximum atomic E-state index is 12.5. The number of hydrogen-bond acceptors (Lipinski definition) is 12. The zero-order valence-corrected chi connectivity index (χ0v) is 19.7. The molecule has 4 N–H and O–H groups in total. The van der Waals surface area contributed by atoms with Crippen LogP contribution in [-0.4, -0.2) is 80.3 Å². The van der Waals surface area contributed by atoms with Crippen LogP contribution in [0.4, 0.5) is 5.13 Å². The van der Waals surface area contributed by atoms with Crippen LogP contribution >= 0.6 is 11.3 Å². The van der Waals surface area contributed by atoms with Gasteiger partial charge in [0.1, 0.15) is 24.9 Å². The van der Waals surface area contributed by atoms with Crippen LogP contribution in [-0.2, 0) is 39.0 Å². The van der Waals surface area contributed by atoms with E-state index in [-0.39, 0.29) is 51.8 Å². The molecule has 0 bridgehead atoms. The van der Waals surface area contributed by atoms with E-state index in [1.54, 1.807) is 0 Å². The number of nitrogen functional groups attached to an aromatic ring is 1. The number of carbonyl (C=O) groups is 2. The SMILES string of the molecule is CO/N=C(\C(=O)NC1C(=O)N(S(=O)(=O)O)C1COS(C)(=O)=O)c1csc(N)n1.[H-].[Na+]. The normalized spacial score (nSPS) is 19.9. The Bertz CT molecular complexity index is 1030. The number of aromatic nitrogens is 1. The number of hydrogen-bond donors (Lipinski definition) is 3. The van der Waals surface area contributed by atoms with Gasteiger partial charge in [0, 0.05) is 5.38 Å². The van der Waals surface area contributed by atoms with Gasteiger partial charge in [0.25, 0.3) is 21.9 Å². The minimum absolute atomic E-state index is 0. The van der Waals surface area contributed by atoms with Crippen molar-refractivity contribution in [1.82, 2.24) is 14.6 Å². The van der Waals surface area contributed by atoms with Crippen LogP contribution in [0.25, 0.3) is 0 Å². The Labute approximate surface area is 193 Å². The zero-order chi connectivity index (χ0) is 21.3. The van der Waals surface area contributed by atoms with Crippen molar-refractivity contribution in [3.63, 3.8) is 0 Å². The summed E-state index contributed by atoms with van der Waals surface area (Å²) >= 11 is 1.01. The molecule has 0 aliphatic carbocycles. The van der Waals surface area contributed by atoms with Gasteiger partial charge in [0.2, 0.25) is 0 Å². The maximum Gasteiger partial charge on any atom is 1.00 e. The standard InChI is InChI=1S/C11H15N5O9S3.Na.H/c1-24-15-7(5-4-26-11(12)13-5)9(17)14-8-6(3-25-27(2,19)20)16(10(8)18)28(21,22)23;;/h4,6,8H,3H2,1-2H3,(H2,12,13)(H,14,17)(H,21,22,23);;/q;+1;-1/b15-7-;;. The number of rotatable bonds is 8. The fraction of sp³-hybridized carbons (Fsp3) is 0.455. The number of carbonyl (C=O) groups excluding carboxylic acids is 2. The van der Waals surface area contributed by atoms with Crippen molar-refractivity contribution in [3.8, 4) is 0 Å². The Hall–Kier alpha value is -1.34. The average molecular weight is 481 g/mol. The monoisotopic (exact) mass is 481 g/mol. The van der Waals surface area contributed by atoms with Gasteiger partial charge in [-0.3, -0.25) is 18.3 Å². The summed E-state index contributed by atoms with van der Waals surface area (Å²) < 4.78 is 58.6. The molecule has 2 atom stereocenters. The topological polar surface area (TPSA) is 208 Å². The number of thiazole rings is 1. The molecule has 1 aliphatic rings. The van der Waals surface area contributed by atoms with Gasteiger partial charge in [-0.15, -0.1) is 11.3 Å². The summed E-state index contributed by atoms with van der Waals surface area (Å²) in [6, 6.07) is -3.03. The van der Waals surface area contributed by atoms with E-state index < -0.39 is 50.9 Å². The Balaban J connectivity index is 0.00000420. The fourth-order valence-electron chi connectivity index (χ4n) is 2.22. The molecule has 1 fully saturated rings. The van der Waals surface area contributed by atoms with Gasteiger partial charge in [-0.2, -0.15) is 16.8 Å². The minimum atomic E-state index is -5.00. The van der Waals surface area contributed by atoms with Gasteiger partial charge in [0.05, 0.1) is 12.9 Å². The van der Waals surface area contributed by atoms with Crippen LogP contribution < -0.4 is 40.6 Å². The molecule has 0 aromatic carbocycles. The van der Waals surface area contributed by atoms with E-state index in [1.165, 1.54) is 5.38 Å². The maximum absolute atomic E-state index is 12.5. The first-order valence-electron chi connectivity index (χ1n) is 7.13. The number of oxime groups is 1. The van der Waals surface area contributed by atoms with E-state index in [4.69, 9.17) is 10.3 Å². The summed E-state index contributed by atoms with van der Waals surface area (Å²) in [6.07, 6.45) is 0.703. The van der Waals surface area contributed by atoms with E-state index in [2.05, 4.69) is 24.5 Å². The molecular weight excluding hydrogens is 465 g/mol. The molecule has 29 heavy (non-hydrogen) atoms. The predicted octanol–water partition coefficient (Wildman–Crippen LogP) is -5.33. The summed E-state index contributed by atoms with van der Waals surface area (Å²) in [5.74, 6) is -2.18. The van der Waals surface area contributed by atoms with E-state index in [0.717, 1.165) is 18.4 Å². The summed E-state index contributed by atoms with van der Waals surface area (Å²) in [5, 5.41) is 7.20. The summed E-state index contributed by atoms with van der Waals surface area (Å²) in [6.45, 7) is -0.824. The van der Waals surface area contributed by atoms with Crippen molar-refractivity contribution < 1.29 is 71.0 Å². The Kier molecular flexibility index (Phi) is 8.55. The molecule has 2 unspecified atom stereocenters. The second-order valence-electron chi connectivity index (χ2n) is 5.31. The summed E-state index contributed by atoms with van der Waals surface area (Å²) in [7, 11) is -7.84. The van der Waals surface area contributed by atoms with Gasteiger partial charge >= 0.3 is 39.9 Å². The number of β-lactam (4-membered cyclic amide) rings is 1. The number of anilines is 1. The molecule has 14 nitrogen and oxygen atoms in total. The van der Waals surface area contributed by atoms with E-state index >= 15 is 0 Å². The van der Waals surface area contributed by atoms with Crippen LogP contribution in [0.5, 0.6) is 0 Å². The Morgan fingerprint density at radius 2 is 2.10 bits per heavy atom. The molecule has 2 heterocycles. The van der Waals surface area contributed by atoms with Crippen molar-refractivity contribution in [2.45, 2.75) is 12.1 Å². The van der Waals surface area contributed by atoms with Crippen LogP contribution in [0.1, 0.15) is 7.12 Å². The van der Waals surface area contributed by atoms with Crippen molar-refractivity contribution in [2.24, 2.45) is 5.16 Å². The van der Waals surface area contributed by atoms with Crippen molar-refractivity contribution in [1.29, 1.82) is 0 Å². The van der Waals surface area contributed by atoms with Gasteiger partial charge in [-0.1, -0.05) is 5.16 Å². The third kappa shape index (κ3) is 6.32. The molecule has 18 heteroatoms. The first kappa shape index (κ1) is 25.7. The second-order valence-corrected chi connectivity index (χ2v) is 9.14. The summed E-state index contributed by atoms with van der Waals surface area (Å²) in [4.78, 5) is 32.9. The van der Waals surface area contributed by atoms with Crippen molar-refractivity contribution in [2.75, 3.05) is 25.7 Å². The first-order chi connectivity index (χ1) is 12.8. The average Bonchev–Trinajstić information content (AvgIpc) is 2.97. The van der Waals surface area contributed by atoms with Crippen LogP contribution in [0, 0.1) is 0 Å². The predicted molar refractivity (Wildman–Crippen MR) is 96.1 cm³/mol. The van der Waals surface area contributed by atoms with Gasteiger partial charge in [-0.05, 0) is 0 Å². The minimum Gasteiger partial charge on any atom is -1.00 e. The van der Waals surface area contributed by atoms with Crippen molar-refractivity contribution in [3.05, 3.63) is 11.1 Å². The molecule has 1 aromatic heterocycles. The fourth-order valence-corrected chi connectivity index (χ4v) is 4.02. The molecular formula is C11H16N5NaO9S3. The molecule has 2 amide bonds. The van der Waals surface area contributed by atoms with Gasteiger partial charge < -0.3 is 17.3 Å². The van der Waals surface area contributed by atoms with Crippen LogP contribution in [0.2, 0.25) is 0 Å². The van der Waals surface area contributed by atoms with E-state index in [0.29, 0.717) is 6.26 Å². The smallest absolute Gasteiger partial charge is 1.00 e. The first-order valence-corrected chi connectivity index (χ1v) is 11.2. The largest absolute Gasteiger partial charge is 1.00 e. The van der Waals surface area contributed by atoms with Gasteiger partial charge in [-0.25, -0.2) is 9.29 Å². The molecule has 1 aliphatic heterocycles. The zero-order valence-electron chi connectivity index (χ0n) is 16.3. The molecule has 1 saturated heterocycles. The Morgan fingerprint density at radius 1 is 1.48 bits per heavy atom. The second kappa shape index (κ2) is 9.65. The quantitative estimate of drug-likeness (QED) is 0.0797. The molecule has 1 aromatic rings. The summed E-state index contributed by atoms with van der Waals surface area (Å²) in [5.41, 5.74) is 5.16. The van der Waals surface area contributed by atoms with Crippen LogP contribution in [0.15, 0.2) is 10.5 Å². The molecule has 0 radical (unpaired) electrons. The number of nitrogens with zero attached hydrogens (tertiary/aromatic N) is 3. The van der Waals surface area contributed by atoms with Crippen LogP contribution in [0.3, 0.4) is 0 Å². The van der Waals surface area contributed by atoms with Gasteiger partial charge in [0.15, 0.2) is 10.8 Å².